The fourth-order valence-electron chi connectivity index (χ4n) is 3.45. The number of anilines is 2. The van der Waals surface area contributed by atoms with Crippen molar-refractivity contribution in [3.05, 3.63) is 71.0 Å². The number of nitrogens with one attached hydrogen (secondary N) is 2. The van der Waals surface area contributed by atoms with Crippen LogP contribution < -0.4 is 10.6 Å². The van der Waals surface area contributed by atoms with Crippen molar-refractivity contribution in [2.45, 2.75) is 39.7 Å². The fraction of sp³-hybridized carbons (Fsp3) is 0.273. The average Bonchev–Trinajstić information content (AvgIpc) is 2.91. The summed E-state index contributed by atoms with van der Waals surface area (Å²) in [6.45, 7) is 4.84. The molecule has 138 valence electrons. The molecule has 2 heterocycles. The molecule has 2 N–H and O–H groups in total. The highest BCUT2D eigenvalue weighted by Crippen LogP contribution is 2.26. The van der Waals surface area contributed by atoms with E-state index in [2.05, 4.69) is 53.1 Å². The highest BCUT2D eigenvalue weighted by molar-refractivity contribution is 5.92. The molecule has 0 saturated carbocycles. The van der Waals surface area contributed by atoms with Gasteiger partial charge in [-0.15, -0.1) is 0 Å². The first-order valence-corrected chi connectivity index (χ1v) is 9.37. The second kappa shape index (κ2) is 7.27. The number of amides is 1. The van der Waals surface area contributed by atoms with E-state index in [1.54, 1.807) is 0 Å². The van der Waals surface area contributed by atoms with Gasteiger partial charge in [0.2, 0.25) is 5.91 Å². The molecule has 0 fully saturated rings. The van der Waals surface area contributed by atoms with Gasteiger partial charge in [0.05, 0.1) is 11.4 Å². The summed E-state index contributed by atoms with van der Waals surface area (Å²) in [4.78, 5) is 11.7. The summed E-state index contributed by atoms with van der Waals surface area (Å²) >= 11 is 0. The molecule has 0 radical (unpaired) electrons. The van der Waals surface area contributed by atoms with Crippen LogP contribution in [0.5, 0.6) is 0 Å². The Balaban J connectivity index is 1.49. The normalized spacial score (nSPS) is 13.6. The molecule has 0 atom stereocenters. The molecular formula is C22H24N4O. The lowest BCUT2D eigenvalue weighted by atomic mass is 10.1. The molecule has 1 aliphatic rings. The summed E-state index contributed by atoms with van der Waals surface area (Å²) in [6.07, 6.45) is 4.49. The number of hydrogen-bond acceptors (Lipinski definition) is 3. The summed E-state index contributed by atoms with van der Waals surface area (Å²) in [6, 6.07) is 14.5. The van der Waals surface area contributed by atoms with Crippen molar-refractivity contribution < 1.29 is 4.79 Å². The van der Waals surface area contributed by atoms with Crippen LogP contribution in [-0.4, -0.2) is 15.7 Å². The van der Waals surface area contributed by atoms with E-state index in [0.29, 0.717) is 13.0 Å². The Bertz CT molecular complexity index is 990. The molecule has 1 aliphatic heterocycles. The van der Waals surface area contributed by atoms with Crippen molar-refractivity contribution in [1.29, 1.82) is 0 Å². The number of carbonyl (C=O) groups excluding carboxylic acids is 1. The van der Waals surface area contributed by atoms with Crippen molar-refractivity contribution >= 4 is 17.3 Å². The van der Waals surface area contributed by atoms with Gasteiger partial charge in [-0.1, -0.05) is 12.1 Å². The van der Waals surface area contributed by atoms with Crippen LogP contribution in [0.1, 0.15) is 35.2 Å². The molecule has 27 heavy (non-hydrogen) atoms. The van der Waals surface area contributed by atoms with E-state index in [1.165, 1.54) is 16.7 Å². The second-order valence-electron chi connectivity index (χ2n) is 7.15. The lowest BCUT2D eigenvalue weighted by molar-refractivity contribution is -0.116. The number of aryl methyl sites for hydroxylation is 3. The molecular weight excluding hydrogens is 336 g/mol. The number of benzene rings is 2. The van der Waals surface area contributed by atoms with Crippen LogP contribution in [0.25, 0.3) is 5.69 Å². The van der Waals surface area contributed by atoms with Crippen molar-refractivity contribution in [3.63, 3.8) is 0 Å². The third-order valence-electron chi connectivity index (χ3n) is 4.98. The Morgan fingerprint density at radius 1 is 1.15 bits per heavy atom. The Morgan fingerprint density at radius 2 is 2.04 bits per heavy atom. The van der Waals surface area contributed by atoms with Crippen LogP contribution in [0.3, 0.4) is 0 Å². The largest absolute Gasteiger partial charge is 0.381 e. The number of fused-ring (bicyclic) bond motifs is 1. The van der Waals surface area contributed by atoms with E-state index in [-0.39, 0.29) is 5.91 Å². The van der Waals surface area contributed by atoms with E-state index in [4.69, 9.17) is 0 Å². The molecule has 0 unspecified atom stereocenters. The van der Waals surface area contributed by atoms with Crippen LogP contribution in [0.15, 0.2) is 48.7 Å². The van der Waals surface area contributed by atoms with Crippen LogP contribution in [-0.2, 0) is 17.8 Å². The molecule has 1 amide bonds. The molecule has 5 nitrogen and oxygen atoms in total. The first-order valence-electron chi connectivity index (χ1n) is 9.37. The van der Waals surface area contributed by atoms with Crippen molar-refractivity contribution in [2.24, 2.45) is 0 Å². The van der Waals surface area contributed by atoms with Crippen LogP contribution >= 0.6 is 0 Å². The van der Waals surface area contributed by atoms with Gasteiger partial charge in [-0.3, -0.25) is 4.79 Å². The smallest absolute Gasteiger partial charge is 0.224 e. The first kappa shape index (κ1) is 17.3. The Kier molecular flexibility index (Phi) is 4.67. The van der Waals surface area contributed by atoms with Crippen LogP contribution in [0.4, 0.5) is 11.4 Å². The van der Waals surface area contributed by atoms with E-state index in [9.17, 15) is 4.79 Å². The zero-order chi connectivity index (χ0) is 18.8. The van der Waals surface area contributed by atoms with Gasteiger partial charge < -0.3 is 10.6 Å². The first-order chi connectivity index (χ1) is 13.1. The van der Waals surface area contributed by atoms with E-state index in [1.807, 2.05) is 29.8 Å². The lowest BCUT2D eigenvalue weighted by Crippen LogP contribution is -2.09. The topological polar surface area (TPSA) is 59.0 Å². The van der Waals surface area contributed by atoms with E-state index >= 15 is 0 Å². The molecule has 2 aromatic carbocycles. The Hall–Kier alpha value is -3.08. The maximum Gasteiger partial charge on any atom is 0.224 e. The summed E-state index contributed by atoms with van der Waals surface area (Å²) in [5.41, 5.74) is 7.67. The van der Waals surface area contributed by atoms with E-state index in [0.717, 1.165) is 35.6 Å². The standard InChI is InChI=1S/C22H24N4O/c1-15-5-3-7-20(11-15)26-14-18(16(2)25-26)13-23-19-9-10-21-17(12-19)6-4-8-22(27)24-21/h3,5,7,9-12,14,23H,4,6,8,13H2,1-2H3,(H,24,27). The summed E-state index contributed by atoms with van der Waals surface area (Å²) in [5, 5.41) is 11.1. The monoisotopic (exact) mass is 360 g/mol. The molecule has 3 aromatic rings. The summed E-state index contributed by atoms with van der Waals surface area (Å²) < 4.78 is 1.94. The number of rotatable bonds is 4. The molecule has 0 saturated heterocycles. The third kappa shape index (κ3) is 3.87. The molecule has 0 aliphatic carbocycles. The summed E-state index contributed by atoms with van der Waals surface area (Å²) in [5.74, 6) is 0.105. The van der Waals surface area contributed by atoms with Gasteiger partial charge in [-0.25, -0.2) is 4.68 Å². The summed E-state index contributed by atoms with van der Waals surface area (Å²) in [7, 11) is 0. The lowest BCUT2D eigenvalue weighted by Gasteiger charge is -2.11. The van der Waals surface area contributed by atoms with Crippen LogP contribution in [0, 0.1) is 13.8 Å². The van der Waals surface area contributed by atoms with Gasteiger partial charge in [0.25, 0.3) is 0 Å². The van der Waals surface area contributed by atoms with Gasteiger partial charge in [0.1, 0.15) is 0 Å². The highest BCUT2D eigenvalue weighted by Gasteiger charge is 2.13. The fourth-order valence-corrected chi connectivity index (χ4v) is 3.45. The second-order valence-corrected chi connectivity index (χ2v) is 7.15. The van der Waals surface area contributed by atoms with Crippen molar-refractivity contribution in [2.75, 3.05) is 10.6 Å². The van der Waals surface area contributed by atoms with Crippen LogP contribution in [0.2, 0.25) is 0 Å². The van der Waals surface area contributed by atoms with Gasteiger partial charge in [-0.05, 0) is 68.1 Å². The van der Waals surface area contributed by atoms with Crippen molar-refractivity contribution in [1.82, 2.24) is 9.78 Å². The zero-order valence-electron chi connectivity index (χ0n) is 15.7. The Labute approximate surface area is 159 Å². The maximum atomic E-state index is 11.7. The number of nitrogens with zero attached hydrogens (tertiary/aromatic N) is 2. The average molecular weight is 360 g/mol. The SMILES string of the molecule is Cc1cccc(-n2cc(CNc3ccc4c(c3)CCCC(=O)N4)c(C)n2)c1. The van der Waals surface area contributed by atoms with Gasteiger partial charge in [0, 0.05) is 36.1 Å². The van der Waals surface area contributed by atoms with E-state index < -0.39 is 0 Å². The minimum absolute atomic E-state index is 0.105. The quantitative estimate of drug-likeness (QED) is 0.726. The highest BCUT2D eigenvalue weighted by atomic mass is 16.1. The predicted octanol–water partition coefficient (Wildman–Crippen LogP) is 4.38. The van der Waals surface area contributed by atoms with Crippen molar-refractivity contribution in [3.8, 4) is 5.69 Å². The number of hydrogen-bond donors (Lipinski definition) is 2. The minimum Gasteiger partial charge on any atom is -0.381 e. The molecule has 4 rings (SSSR count). The Morgan fingerprint density at radius 3 is 2.89 bits per heavy atom. The molecule has 1 aromatic heterocycles. The zero-order valence-corrected chi connectivity index (χ0v) is 15.7. The van der Waals surface area contributed by atoms with Gasteiger partial charge in [0.15, 0.2) is 0 Å². The van der Waals surface area contributed by atoms with Gasteiger partial charge in [-0.2, -0.15) is 5.10 Å². The maximum absolute atomic E-state index is 11.7. The third-order valence-corrected chi connectivity index (χ3v) is 4.98. The predicted molar refractivity (Wildman–Crippen MR) is 108 cm³/mol. The number of aromatic nitrogens is 2. The molecule has 0 bridgehead atoms. The minimum atomic E-state index is 0.105. The molecule has 0 spiro atoms. The number of carbonyl (C=O) groups is 1. The van der Waals surface area contributed by atoms with Gasteiger partial charge >= 0.3 is 0 Å². The molecule has 5 heteroatoms.